The summed E-state index contributed by atoms with van der Waals surface area (Å²) in [5, 5.41) is 10.4. The van der Waals surface area contributed by atoms with Crippen molar-refractivity contribution in [3.05, 3.63) is 39.9 Å². The van der Waals surface area contributed by atoms with Crippen LogP contribution >= 0.6 is 0 Å². The van der Waals surface area contributed by atoms with Crippen LogP contribution in [-0.2, 0) is 11.0 Å². The van der Waals surface area contributed by atoms with Gasteiger partial charge in [0, 0.05) is 18.3 Å². The van der Waals surface area contributed by atoms with Crippen LogP contribution in [0.15, 0.2) is 28.7 Å². The van der Waals surface area contributed by atoms with Crippen molar-refractivity contribution in [2.45, 2.75) is 19.1 Å². The van der Waals surface area contributed by atoms with Crippen molar-refractivity contribution >= 4 is 22.9 Å². The van der Waals surface area contributed by atoms with Gasteiger partial charge in [-0.2, -0.15) is 4.40 Å². The average molecular weight is 240 g/mol. The second-order valence-electron chi connectivity index (χ2n) is 3.41. The van der Waals surface area contributed by atoms with Crippen LogP contribution in [0.25, 0.3) is 0 Å². The maximum absolute atomic E-state index is 11.3. The summed E-state index contributed by atoms with van der Waals surface area (Å²) in [6.07, 6.45) is 1.46. The molecule has 0 amide bonds. The van der Waals surface area contributed by atoms with Gasteiger partial charge in [0.05, 0.1) is 10.2 Å². The van der Waals surface area contributed by atoms with Crippen molar-refractivity contribution in [2.75, 3.05) is 0 Å². The molecule has 0 aromatic heterocycles. The highest BCUT2D eigenvalue weighted by atomic mass is 32.2. The van der Waals surface area contributed by atoms with Crippen LogP contribution in [0.4, 0.5) is 5.69 Å². The van der Waals surface area contributed by atoms with Gasteiger partial charge in [0.15, 0.2) is 0 Å². The molecule has 16 heavy (non-hydrogen) atoms. The summed E-state index contributed by atoms with van der Waals surface area (Å²) in [6.45, 7) is 3.62. The summed E-state index contributed by atoms with van der Waals surface area (Å²) < 4.78 is 15.1. The Hall–Kier alpha value is -1.56. The molecule has 0 heterocycles. The van der Waals surface area contributed by atoms with Crippen LogP contribution in [-0.4, -0.2) is 20.6 Å². The first-order chi connectivity index (χ1) is 7.50. The standard InChI is InChI=1S/C10H12N2O3S/c1-8(2)16(15)11-7-9-3-5-10(6-4-9)12(13)14/h3-8H,1-2H3/b11-7+/t16-/m0/s1. The Kier molecular flexibility index (Phi) is 4.30. The third kappa shape index (κ3) is 3.54. The van der Waals surface area contributed by atoms with Crippen LogP contribution in [0.2, 0.25) is 0 Å². The zero-order valence-electron chi connectivity index (χ0n) is 8.99. The van der Waals surface area contributed by atoms with E-state index in [-0.39, 0.29) is 10.9 Å². The van der Waals surface area contributed by atoms with E-state index in [4.69, 9.17) is 0 Å². The first-order valence-electron chi connectivity index (χ1n) is 4.70. The minimum atomic E-state index is -1.25. The molecule has 0 spiro atoms. The molecule has 0 saturated heterocycles. The summed E-state index contributed by atoms with van der Waals surface area (Å²) >= 11 is 0. The van der Waals surface area contributed by atoms with E-state index in [9.17, 15) is 14.3 Å². The zero-order valence-corrected chi connectivity index (χ0v) is 9.81. The van der Waals surface area contributed by atoms with Crippen molar-refractivity contribution in [1.82, 2.24) is 0 Å². The second-order valence-corrected chi connectivity index (χ2v) is 5.11. The van der Waals surface area contributed by atoms with Crippen LogP contribution < -0.4 is 0 Å². The normalized spacial score (nSPS) is 13.2. The highest BCUT2D eigenvalue weighted by Gasteiger charge is 2.04. The largest absolute Gasteiger partial charge is 0.269 e. The fourth-order valence-corrected chi connectivity index (χ4v) is 1.39. The molecule has 0 fully saturated rings. The summed E-state index contributed by atoms with van der Waals surface area (Å²) in [5.41, 5.74) is 0.724. The highest BCUT2D eigenvalue weighted by molar-refractivity contribution is 7.84. The Bertz CT molecular complexity index is 426. The quantitative estimate of drug-likeness (QED) is 0.459. The van der Waals surface area contributed by atoms with Crippen molar-refractivity contribution in [3.63, 3.8) is 0 Å². The lowest BCUT2D eigenvalue weighted by Crippen LogP contribution is -2.02. The number of hydrogen-bond donors (Lipinski definition) is 0. The molecule has 86 valence electrons. The molecule has 0 saturated carbocycles. The Morgan fingerprint density at radius 2 is 1.94 bits per heavy atom. The van der Waals surface area contributed by atoms with E-state index in [1.807, 2.05) is 13.8 Å². The number of benzene rings is 1. The third-order valence-electron chi connectivity index (χ3n) is 1.81. The molecule has 6 heteroatoms. The van der Waals surface area contributed by atoms with Gasteiger partial charge in [-0.15, -0.1) is 0 Å². The molecule has 0 N–H and O–H groups in total. The molecule has 0 aliphatic rings. The van der Waals surface area contributed by atoms with E-state index in [0.29, 0.717) is 5.56 Å². The van der Waals surface area contributed by atoms with Crippen LogP contribution in [0, 0.1) is 10.1 Å². The summed E-state index contributed by atoms with van der Waals surface area (Å²) in [6, 6.07) is 5.91. The Morgan fingerprint density at radius 3 is 2.38 bits per heavy atom. The molecule has 0 unspecified atom stereocenters. The lowest BCUT2D eigenvalue weighted by Gasteiger charge is -1.97. The predicted molar refractivity (Wildman–Crippen MR) is 64.0 cm³/mol. The molecule has 0 aliphatic carbocycles. The van der Waals surface area contributed by atoms with Crippen molar-refractivity contribution in [1.29, 1.82) is 0 Å². The molecule has 0 aliphatic heterocycles. The number of non-ortho nitro benzene ring substituents is 1. The van der Waals surface area contributed by atoms with Gasteiger partial charge in [0.1, 0.15) is 11.0 Å². The summed E-state index contributed by atoms with van der Waals surface area (Å²) in [5.74, 6) is 0. The van der Waals surface area contributed by atoms with Gasteiger partial charge in [-0.05, 0) is 31.5 Å². The molecule has 1 aromatic carbocycles. The van der Waals surface area contributed by atoms with E-state index >= 15 is 0 Å². The van der Waals surface area contributed by atoms with E-state index in [2.05, 4.69) is 4.40 Å². The van der Waals surface area contributed by atoms with E-state index < -0.39 is 15.9 Å². The van der Waals surface area contributed by atoms with E-state index in [0.717, 1.165) is 0 Å². The molecular weight excluding hydrogens is 228 g/mol. The molecule has 1 rings (SSSR count). The van der Waals surface area contributed by atoms with E-state index in [1.54, 1.807) is 12.1 Å². The van der Waals surface area contributed by atoms with Crippen molar-refractivity contribution < 1.29 is 9.13 Å². The number of nitro benzene ring substituents is 1. The number of rotatable bonds is 4. The predicted octanol–water partition coefficient (Wildman–Crippen LogP) is 2.09. The maximum atomic E-state index is 11.3. The lowest BCUT2D eigenvalue weighted by molar-refractivity contribution is -0.384. The second kappa shape index (κ2) is 5.50. The van der Waals surface area contributed by atoms with Gasteiger partial charge >= 0.3 is 0 Å². The van der Waals surface area contributed by atoms with Crippen LogP contribution in [0.1, 0.15) is 19.4 Å². The van der Waals surface area contributed by atoms with Gasteiger partial charge in [-0.1, -0.05) is 0 Å². The van der Waals surface area contributed by atoms with Gasteiger partial charge in [0.2, 0.25) is 0 Å². The van der Waals surface area contributed by atoms with Crippen molar-refractivity contribution in [3.8, 4) is 0 Å². The zero-order chi connectivity index (χ0) is 12.1. The van der Waals surface area contributed by atoms with Crippen LogP contribution in [0.5, 0.6) is 0 Å². The Balaban J connectivity index is 2.76. The number of nitrogens with zero attached hydrogens (tertiary/aromatic N) is 2. The minimum absolute atomic E-state index is 0.0298. The Labute approximate surface area is 95.9 Å². The van der Waals surface area contributed by atoms with Gasteiger partial charge in [-0.25, -0.2) is 4.21 Å². The molecule has 0 bridgehead atoms. The minimum Gasteiger partial charge on any atom is -0.258 e. The molecular formula is C10H12N2O3S. The summed E-state index contributed by atoms with van der Waals surface area (Å²) in [4.78, 5) is 9.93. The summed E-state index contributed by atoms with van der Waals surface area (Å²) in [7, 11) is -1.25. The lowest BCUT2D eigenvalue weighted by atomic mass is 10.2. The van der Waals surface area contributed by atoms with Crippen molar-refractivity contribution in [2.24, 2.45) is 4.40 Å². The van der Waals surface area contributed by atoms with Gasteiger partial charge in [-0.3, -0.25) is 10.1 Å². The Morgan fingerprint density at radius 1 is 1.38 bits per heavy atom. The highest BCUT2D eigenvalue weighted by Crippen LogP contribution is 2.10. The van der Waals surface area contributed by atoms with E-state index in [1.165, 1.54) is 18.3 Å². The number of nitro groups is 1. The fourth-order valence-electron chi connectivity index (χ4n) is 0.917. The number of hydrogen-bond acceptors (Lipinski definition) is 3. The first kappa shape index (κ1) is 12.5. The fraction of sp³-hybridized carbons (Fsp3) is 0.300. The van der Waals surface area contributed by atoms with Gasteiger partial charge in [0.25, 0.3) is 5.69 Å². The first-order valence-corrected chi connectivity index (χ1v) is 5.87. The average Bonchev–Trinajstić information content (AvgIpc) is 2.26. The van der Waals surface area contributed by atoms with Gasteiger partial charge < -0.3 is 0 Å². The maximum Gasteiger partial charge on any atom is 0.269 e. The molecule has 1 aromatic rings. The monoisotopic (exact) mass is 240 g/mol. The molecule has 5 nitrogen and oxygen atoms in total. The smallest absolute Gasteiger partial charge is 0.258 e. The molecule has 1 atom stereocenters. The third-order valence-corrected chi connectivity index (χ3v) is 2.93. The molecule has 0 radical (unpaired) electrons. The SMILES string of the molecule is CC(C)[S@](=O)/N=C/c1ccc([N+](=O)[O-])cc1. The van der Waals surface area contributed by atoms with Crippen LogP contribution in [0.3, 0.4) is 0 Å². The topological polar surface area (TPSA) is 72.6 Å².